The number of aryl methyl sites for hydroxylation is 2. The van der Waals surface area contributed by atoms with Crippen LogP contribution in [0.15, 0.2) is 51.4 Å². The molecule has 1 aromatic heterocycles. The van der Waals surface area contributed by atoms with Crippen molar-refractivity contribution in [1.29, 1.82) is 0 Å². The van der Waals surface area contributed by atoms with Gasteiger partial charge in [0, 0.05) is 15.4 Å². The van der Waals surface area contributed by atoms with Crippen molar-refractivity contribution >= 4 is 26.9 Å². The molecule has 20 heavy (non-hydrogen) atoms. The van der Waals surface area contributed by atoms with Crippen molar-refractivity contribution in [1.82, 2.24) is 0 Å². The van der Waals surface area contributed by atoms with Crippen LogP contribution in [0.4, 0.5) is 0 Å². The Labute approximate surface area is 126 Å². The zero-order valence-corrected chi connectivity index (χ0v) is 13.1. The average Bonchev–Trinajstić information content (AvgIpc) is 2.76. The molecule has 1 heterocycles. The monoisotopic (exact) mass is 329 g/mol. The largest absolute Gasteiger partial charge is 0.459 e. The summed E-state index contributed by atoms with van der Waals surface area (Å²) in [5, 5.41) is 1.14. The number of halogens is 1. The van der Waals surface area contributed by atoms with Gasteiger partial charge in [-0.3, -0.25) is 0 Å². The van der Waals surface area contributed by atoms with Gasteiger partial charge in [0.2, 0.25) is 0 Å². The van der Waals surface area contributed by atoms with Crippen molar-refractivity contribution in [3.8, 4) is 0 Å². The van der Waals surface area contributed by atoms with E-state index in [-0.39, 0.29) is 6.04 Å². The van der Waals surface area contributed by atoms with E-state index in [1.807, 2.05) is 30.3 Å². The van der Waals surface area contributed by atoms with Crippen LogP contribution in [-0.2, 0) is 0 Å². The highest BCUT2D eigenvalue weighted by Gasteiger charge is 2.20. The molecule has 2 N–H and O–H groups in total. The minimum atomic E-state index is -0.265. The van der Waals surface area contributed by atoms with E-state index in [0.29, 0.717) is 0 Å². The summed E-state index contributed by atoms with van der Waals surface area (Å²) < 4.78 is 6.98. The molecular formula is C17H16BrNO. The Morgan fingerprint density at radius 1 is 1.10 bits per heavy atom. The Morgan fingerprint density at radius 3 is 2.60 bits per heavy atom. The van der Waals surface area contributed by atoms with Crippen molar-refractivity contribution in [2.45, 2.75) is 19.9 Å². The maximum atomic E-state index is 6.40. The first-order valence-electron chi connectivity index (χ1n) is 6.57. The average molecular weight is 330 g/mol. The van der Waals surface area contributed by atoms with Gasteiger partial charge in [-0.25, -0.2) is 0 Å². The van der Waals surface area contributed by atoms with Gasteiger partial charge < -0.3 is 10.2 Å². The van der Waals surface area contributed by atoms with Crippen molar-refractivity contribution in [2.24, 2.45) is 5.73 Å². The summed E-state index contributed by atoms with van der Waals surface area (Å²) in [6.07, 6.45) is 0. The first-order valence-corrected chi connectivity index (χ1v) is 7.37. The van der Waals surface area contributed by atoms with Crippen molar-refractivity contribution in [3.05, 3.63) is 69.4 Å². The van der Waals surface area contributed by atoms with Crippen molar-refractivity contribution in [3.63, 3.8) is 0 Å². The highest BCUT2D eigenvalue weighted by Crippen LogP contribution is 2.34. The van der Waals surface area contributed by atoms with Gasteiger partial charge in [-0.1, -0.05) is 45.8 Å². The van der Waals surface area contributed by atoms with Crippen LogP contribution in [-0.4, -0.2) is 0 Å². The highest BCUT2D eigenvalue weighted by atomic mass is 79.9. The van der Waals surface area contributed by atoms with Crippen LogP contribution in [0.2, 0.25) is 0 Å². The smallest absolute Gasteiger partial charge is 0.134 e. The molecule has 0 saturated heterocycles. The third-order valence-corrected chi connectivity index (χ3v) is 4.37. The summed E-state index contributed by atoms with van der Waals surface area (Å²) in [4.78, 5) is 0. The molecule has 0 saturated carbocycles. The van der Waals surface area contributed by atoms with E-state index in [1.54, 1.807) is 0 Å². The van der Waals surface area contributed by atoms with Gasteiger partial charge in [0.15, 0.2) is 0 Å². The molecule has 3 heteroatoms. The lowest BCUT2D eigenvalue weighted by atomic mass is 10.0. The molecule has 1 unspecified atom stereocenters. The van der Waals surface area contributed by atoms with Gasteiger partial charge in [0.05, 0.1) is 6.04 Å². The number of furan rings is 1. The van der Waals surface area contributed by atoms with E-state index >= 15 is 0 Å². The predicted octanol–water partition coefficient (Wildman–Crippen LogP) is 4.86. The molecule has 0 spiro atoms. The Balaban J connectivity index is 2.15. The lowest BCUT2D eigenvalue weighted by molar-refractivity contribution is 0.520. The molecule has 0 aliphatic carbocycles. The minimum Gasteiger partial charge on any atom is -0.459 e. The van der Waals surface area contributed by atoms with E-state index in [0.717, 1.165) is 32.3 Å². The minimum absolute atomic E-state index is 0.265. The number of hydrogen-bond acceptors (Lipinski definition) is 2. The second-order valence-corrected chi connectivity index (χ2v) is 5.94. The van der Waals surface area contributed by atoms with Gasteiger partial charge in [-0.05, 0) is 37.6 Å². The third kappa shape index (κ3) is 2.17. The maximum Gasteiger partial charge on any atom is 0.134 e. The molecule has 0 aliphatic rings. The molecular weight excluding hydrogens is 314 g/mol. The normalized spacial score (nSPS) is 12.8. The molecule has 102 valence electrons. The summed E-state index contributed by atoms with van der Waals surface area (Å²) in [6.45, 7) is 4.15. The third-order valence-electron chi connectivity index (χ3n) is 3.65. The van der Waals surface area contributed by atoms with Crippen LogP contribution in [0.1, 0.15) is 28.5 Å². The summed E-state index contributed by atoms with van der Waals surface area (Å²) in [5.41, 5.74) is 10.7. The number of hydrogen-bond donors (Lipinski definition) is 1. The van der Waals surface area contributed by atoms with Gasteiger partial charge in [0.25, 0.3) is 0 Å². The van der Waals surface area contributed by atoms with Crippen molar-refractivity contribution < 1.29 is 4.42 Å². The fraction of sp³-hybridized carbons (Fsp3) is 0.176. The van der Waals surface area contributed by atoms with Crippen LogP contribution in [0.3, 0.4) is 0 Å². The van der Waals surface area contributed by atoms with Gasteiger partial charge in [-0.15, -0.1) is 0 Å². The summed E-state index contributed by atoms with van der Waals surface area (Å²) in [5.74, 6) is 0.831. The van der Waals surface area contributed by atoms with Gasteiger partial charge >= 0.3 is 0 Å². The quantitative estimate of drug-likeness (QED) is 0.729. The van der Waals surface area contributed by atoms with Crippen LogP contribution >= 0.6 is 15.9 Å². The summed E-state index contributed by atoms with van der Waals surface area (Å²) in [6, 6.07) is 13.9. The topological polar surface area (TPSA) is 39.2 Å². The summed E-state index contributed by atoms with van der Waals surface area (Å²) in [7, 11) is 0. The maximum absolute atomic E-state index is 6.40. The zero-order chi connectivity index (χ0) is 14.3. The molecule has 0 bridgehead atoms. The molecule has 2 aromatic carbocycles. The fourth-order valence-corrected chi connectivity index (χ4v) is 3.05. The van der Waals surface area contributed by atoms with E-state index in [9.17, 15) is 0 Å². The molecule has 2 nitrogen and oxygen atoms in total. The molecule has 0 amide bonds. The van der Waals surface area contributed by atoms with Crippen LogP contribution < -0.4 is 5.73 Å². The molecule has 0 radical (unpaired) electrons. The first-order chi connectivity index (χ1) is 9.58. The first kappa shape index (κ1) is 13.4. The van der Waals surface area contributed by atoms with E-state index in [2.05, 4.69) is 41.9 Å². The highest BCUT2D eigenvalue weighted by molar-refractivity contribution is 9.10. The molecule has 1 atom stereocenters. The van der Waals surface area contributed by atoms with Crippen molar-refractivity contribution in [2.75, 3.05) is 0 Å². The Bertz CT molecular complexity index is 776. The summed E-state index contributed by atoms with van der Waals surface area (Å²) >= 11 is 3.55. The van der Waals surface area contributed by atoms with Gasteiger partial charge in [0.1, 0.15) is 11.3 Å². The van der Waals surface area contributed by atoms with E-state index < -0.39 is 0 Å². The predicted molar refractivity (Wildman–Crippen MR) is 85.9 cm³/mol. The zero-order valence-electron chi connectivity index (χ0n) is 11.5. The van der Waals surface area contributed by atoms with Crippen LogP contribution in [0.25, 0.3) is 11.0 Å². The number of nitrogens with two attached hydrogens (primary N) is 1. The molecule has 3 aromatic rings. The Morgan fingerprint density at radius 2 is 1.85 bits per heavy atom. The second kappa shape index (κ2) is 5.08. The van der Waals surface area contributed by atoms with Crippen LogP contribution in [0.5, 0.6) is 0 Å². The second-order valence-electron chi connectivity index (χ2n) is 5.09. The van der Waals surface area contributed by atoms with Crippen LogP contribution in [0, 0.1) is 13.8 Å². The lowest BCUT2D eigenvalue weighted by Gasteiger charge is -2.12. The Kier molecular flexibility index (Phi) is 3.40. The lowest BCUT2D eigenvalue weighted by Crippen LogP contribution is -2.12. The SMILES string of the molecule is Cc1ccc2oc(C(N)c3ccccc3Br)c(C)c2c1. The standard InChI is InChI=1S/C17H16BrNO/c1-10-7-8-15-13(9-10)11(2)17(20-15)16(19)12-5-3-4-6-14(12)18/h3-9,16H,19H2,1-2H3. The molecule has 0 aliphatic heterocycles. The van der Waals surface area contributed by atoms with E-state index in [4.69, 9.17) is 10.2 Å². The Hall–Kier alpha value is -1.58. The van der Waals surface area contributed by atoms with E-state index in [1.165, 1.54) is 5.56 Å². The number of rotatable bonds is 2. The molecule has 3 rings (SSSR count). The fourth-order valence-electron chi connectivity index (χ4n) is 2.52. The number of benzene rings is 2. The van der Waals surface area contributed by atoms with Gasteiger partial charge in [-0.2, -0.15) is 0 Å². The number of fused-ring (bicyclic) bond motifs is 1. The molecule has 0 fully saturated rings.